The van der Waals surface area contributed by atoms with Crippen molar-refractivity contribution in [3.05, 3.63) is 23.9 Å². The summed E-state index contributed by atoms with van der Waals surface area (Å²) in [6, 6.07) is 4.34. The number of rotatable bonds is 3. The molecule has 2 rings (SSSR count). The first-order valence-electron chi connectivity index (χ1n) is 6.54. The highest BCUT2D eigenvalue weighted by atomic mass is 16.2. The molecule has 1 aliphatic heterocycles. The molecule has 1 aromatic rings. The van der Waals surface area contributed by atoms with E-state index in [-0.39, 0.29) is 12.1 Å². The normalized spacial score (nSPS) is 16.2. The van der Waals surface area contributed by atoms with Gasteiger partial charge in [0.2, 0.25) is 0 Å². The second-order valence-corrected chi connectivity index (χ2v) is 5.32. The zero-order chi connectivity index (χ0) is 13.3. The summed E-state index contributed by atoms with van der Waals surface area (Å²) in [5.41, 5.74) is 1.22. The number of pyridine rings is 1. The van der Waals surface area contributed by atoms with E-state index in [4.69, 9.17) is 0 Å². The molecular formula is C14H21N3O. The van der Waals surface area contributed by atoms with Crippen molar-refractivity contribution in [1.29, 1.82) is 0 Å². The predicted octanol–water partition coefficient (Wildman–Crippen LogP) is 2.86. The van der Waals surface area contributed by atoms with Crippen LogP contribution in [0.5, 0.6) is 0 Å². The van der Waals surface area contributed by atoms with Crippen LogP contribution in [-0.2, 0) is 0 Å². The molecule has 0 spiro atoms. The number of anilines is 1. The minimum atomic E-state index is 0.0680. The molecule has 4 nitrogen and oxygen atoms in total. The first-order chi connectivity index (χ1) is 8.50. The van der Waals surface area contributed by atoms with Crippen LogP contribution < -0.4 is 4.90 Å². The van der Waals surface area contributed by atoms with Gasteiger partial charge in [0.25, 0.3) is 0 Å². The fraction of sp³-hybridized carbons (Fsp3) is 0.571. The average molecular weight is 247 g/mol. The molecule has 0 unspecified atom stereocenters. The van der Waals surface area contributed by atoms with Gasteiger partial charge in [-0.05, 0) is 37.5 Å². The Hall–Kier alpha value is -1.58. The Balaban J connectivity index is 2.23. The lowest BCUT2D eigenvalue weighted by Gasteiger charge is -2.21. The summed E-state index contributed by atoms with van der Waals surface area (Å²) in [5.74, 6) is 1.22. The molecule has 4 heteroatoms. The van der Waals surface area contributed by atoms with Gasteiger partial charge in [0, 0.05) is 25.3 Å². The largest absolute Gasteiger partial charge is 0.326 e. The topological polar surface area (TPSA) is 36.4 Å². The van der Waals surface area contributed by atoms with Crippen LogP contribution in [0.3, 0.4) is 0 Å². The third kappa shape index (κ3) is 2.33. The third-order valence-corrected chi connectivity index (χ3v) is 3.38. The van der Waals surface area contributed by atoms with Gasteiger partial charge in [0.05, 0.1) is 0 Å². The van der Waals surface area contributed by atoms with Crippen LogP contribution in [0.4, 0.5) is 10.6 Å². The predicted molar refractivity (Wildman–Crippen MR) is 72.9 cm³/mol. The summed E-state index contributed by atoms with van der Waals surface area (Å²) in [4.78, 5) is 20.2. The van der Waals surface area contributed by atoms with E-state index in [1.807, 2.05) is 30.9 Å². The molecule has 1 saturated heterocycles. The molecule has 0 aromatic carbocycles. The van der Waals surface area contributed by atoms with E-state index in [1.54, 1.807) is 11.1 Å². The van der Waals surface area contributed by atoms with E-state index in [9.17, 15) is 4.79 Å². The Morgan fingerprint density at radius 1 is 1.22 bits per heavy atom. The maximum absolute atomic E-state index is 12.2. The quantitative estimate of drug-likeness (QED) is 0.823. The molecule has 1 fully saturated rings. The molecule has 1 aromatic heterocycles. The van der Waals surface area contributed by atoms with E-state index in [2.05, 4.69) is 18.8 Å². The maximum atomic E-state index is 12.2. The summed E-state index contributed by atoms with van der Waals surface area (Å²) in [7, 11) is 0. The van der Waals surface area contributed by atoms with Crippen LogP contribution in [0.1, 0.15) is 39.2 Å². The molecule has 18 heavy (non-hydrogen) atoms. The molecule has 0 radical (unpaired) electrons. The van der Waals surface area contributed by atoms with Crippen LogP contribution in [-0.4, -0.2) is 35.0 Å². The summed E-state index contributed by atoms with van der Waals surface area (Å²) in [5, 5.41) is 0. The van der Waals surface area contributed by atoms with E-state index < -0.39 is 0 Å². The third-order valence-electron chi connectivity index (χ3n) is 3.38. The van der Waals surface area contributed by atoms with Crippen molar-refractivity contribution in [3.8, 4) is 0 Å². The monoisotopic (exact) mass is 247 g/mol. The van der Waals surface area contributed by atoms with Gasteiger partial charge < -0.3 is 4.90 Å². The number of aromatic nitrogens is 1. The fourth-order valence-corrected chi connectivity index (χ4v) is 2.19. The van der Waals surface area contributed by atoms with Gasteiger partial charge in [-0.25, -0.2) is 9.78 Å². The minimum absolute atomic E-state index is 0.0680. The van der Waals surface area contributed by atoms with E-state index in [0.717, 1.165) is 18.9 Å². The maximum Gasteiger partial charge on any atom is 0.326 e. The average Bonchev–Trinajstić information content (AvgIpc) is 2.71. The lowest BCUT2D eigenvalue weighted by molar-refractivity contribution is 0.209. The second-order valence-electron chi connectivity index (χ2n) is 5.32. The summed E-state index contributed by atoms with van der Waals surface area (Å²) >= 11 is 0. The van der Waals surface area contributed by atoms with Crippen LogP contribution in [0.25, 0.3) is 0 Å². The molecule has 0 N–H and O–H groups in total. The Labute approximate surface area is 109 Å². The molecule has 0 bridgehead atoms. The lowest BCUT2D eigenvalue weighted by Crippen LogP contribution is -2.36. The summed E-state index contributed by atoms with van der Waals surface area (Å²) < 4.78 is 0. The first-order valence-corrected chi connectivity index (χ1v) is 6.54. The zero-order valence-electron chi connectivity index (χ0n) is 11.6. The fourth-order valence-electron chi connectivity index (χ4n) is 2.19. The van der Waals surface area contributed by atoms with Crippen molar-refractivity contribution in [1.82, 2.24) is 9.88 Å². The van der Waals surface area contributed by atoms with Gasteiger partial charge in [-0.15, -0.1) is 0 Å². The summed E-state index contributed by atoms with van der Waals surface area (Å²) in [6.45, 7) is 9.88. The van der Waals surface area contributed by atoms with Gasteiger partial charge in [0.15, 0.2) is 0 Å². The van der Waals surface area contributed by atoms with E-state index in [0.29, 0.717) is 5.92 Å². The molecule has 2 amide bonds. The molecule has 2 heterocycles. The molecule has 1 aliphatic rings. The number of hydrogen-bond acceptors (Lipinski definition) is 2. The smallest absolute Gasteiger partial charge is 0.320 e. The zero-order valence-corrected chi connectivity index (χ0v) is 11.6. The number of amides is 2. The Morgan fingerprint density at radius 3 is 2.50 bits per heavy atom. The van der Waals surface area contributed by atoms with Gasteiger partial charge in [-0.3, -0.25) is 4.90 Å². The van der Waals surface area contributed by atoms with Crippen molar-refractivity contribution in [3.63, 3.8) is 0 Å². The minimum Gasteiger partial charge on any atom is -0.320 e. The van der Waals surface area contributed by atoms with Crippen molar-refractivity contribution >= 4 is 11.8 Å². The molecule has 98 valence electrons. The number of nitrogens with zero attached hydrogens (tertiary/aromatic N) is 3. The van der Waals surface area contributed by atoms with Crippen molar-refractivity contribution in [2.24, 2.45) is 0 Å². The Kier molecular flexibility index (Phi) is 3.55. The molecule has 0 atom stereocenters. The van der Waals surface area contributed by atoms with Crippen molar-refractivity contribution in [2.45, 2.75) is 39.7 Å². The standard InChI is InChI=1S/C14H21N3O/c1-10(2)12-5-6-15-13(9-12)17-8-7-16(11(3)4)14(17)18/h5-6,9-11H,7-8H2,1-4H3. The number of carbonyl (C=O) groups is 1. The van der Waals surface area contributed by atoms with Crippen LogP contribution >= 0.6 is 0 Å². The Morgan fingerprint density at radius 2 is 1.94 bits per heavy atom. The first kappa shape index (κ1) is 12.9. The van der Waals surface area contributed by atoms with Crippen LogP contribution in [0.15, 0.2) is 18.3 Å². The van der Waals surface area contributed by atoms with E-state index in [1.165, 1.54) is 5.56 Å². The molecule has 0 aliphatic carbocycles. The molecule has 0 saturated carbocycles. The van der Waals surface area contributed by atoms with Crippen molar-refractivity contribution in [2.75, 3.05) is 18.0 Å². The number of carbonyl (C=O) groups excluding carboxylic acids is 1. The van der Waals surface area contributed by atoms with Gasteiger partial charge >= 0.3 is 6.03 Å². The molecular weight excluding hydrogens is 226 g/mol. The second kappa shape index (κ2) is 4.96. The van der Waals surface area contributed by atoms with E-state index >= 15 is 0 Å². The van der Waals surface area contributed by atoms with Gasteiger partial charge in [-0.2, -0.15) is 0 Å². The highest BCUT2D eigenvalue weighted by Crippen LogP contribution is 2.23. The van der Waals surface area contributed by atoms with Crippen LogP contribution in [0, 0.1) is 0 Å². The number of urea groups is 1. The summed E-state index contributed by atoms with van der Waals surface area (Å²) in [6.07, 6.45) is 1.79. The van der Waals surface area contributed by atoms with Gasteiger partial charge in [-0.1, -0.05) is 13.8 Å². The van der Waals surface area contributed by atoms with Gasteiger partial charge in [0.1, 0.15) is 5.82 Å². The van der Waals surface area contributed by atoms with Crippen molar-refractivity contribution < 1.29 is 4.79 Å². The number of hydrogen-bond donors (Lipinski definition) is 0. The Bertz CT molecular complexity index is 442. The SMILES string of the molecule is CC(C)c1ccnc(N2CCN(C(C)C)C2=O)c1. The highest BCUT2D eigenvalue weighted by Gasteiger charge is 2.31. The van der Waals surface area contributed by atoms with Crippen LogP contribution in [0.2, 0.25) is 0 Å². The highest BCUT2D eigenvalue weighted by molar-refractivity contribution is 5.93. The lowest BCUT2D eigenvalue weighted by atomic mass is 10.1.